The highest BCUT2D eigenvalue weighted by atomic mass is 79.9. The van der Waals surface area contributed by atoms with Crippen LogP contribution in [0.1, 0.15) is 5.56 Å². The van der Waals surface area contributed by atoms with Crippen molar-refractivity contribution in [3.05, 3.63) is 71.0 Å². The maximum absolute atomic E-state index is 13.4. The van der Waals surface area contributed by atoms with E-state index in [0.29, 0.717) is 23.2 Å². The molecule has 8 heteroatoms. The van der Waals surface area contributed by atoms with Crippen LogP contribution in [-0.2, 0) is 11.3 Å². The van der Waals surface area contributed by atoms with Crippen LogP contribution >= 0.6 is 27.7 Å². The van der Waals surface area contributed by atoms with Gasteiger partial charge in [-0.1, -0.05) is 52.0 Å². The third kappa shape index (κ3) is 4.88. The summed E-state index contributed by atoms with van der Waals surface area (Å²) in [5.74, 6) is 0.206. The number of halogens is 2. The Bertz CT molecular complexity index is 1000. The van der Waals surface area contributed by atoms with E-state index in [0.717, 1.165) is 15.6 Å². The first kappa shape index (κ1) is 20.3. The van der Waals surface area contributed by atoms with Gasteiger partial charge in [0.25, 0.3) is 0 Å². The fourth-order valence-electron chi connectivity index (χ4n) is 2.55. The van der Waals surface area contributed by atoms with Crippen LogP contribution in [0.2, 0.25) is 0 Å². The number of nitrogens with zero attached hydrogens (tertiary/aromatic N) is 3. The quantitative estimate of drug-likeness (QED) is 0.394. The van der Waals surface area contributed by atoms with Gasteiger partial charge in [-0.2, -0.15) is 0 Å². The molecular weight excluding hydrogens is 443 g/mol. The lowest BCUT2D eigenvalue weighted by molar-refractivity contribution is -0.113. The van der Waals surface area contributed by atoms with Crippen molar-refractivity contribution in [3.63, 3.8) is 0 Å². The highest BCUT2D eigenvalue weighted by Crippen LogP contribution is 2.25. The van der Waals surface area contributed by atoms with Gasteiger partial charge in [0.1, 0.15) is 5.82 Å². The number of hydrogen-bond acceptors (Lipinski definition) is 4. The molecule has 0 aliphatic carbocycles. The van der Waals surface area contributed by atoms with E-state index in [2.05, 4.69) is 38.0 Å². The number of allylic oxidation sites excluding steroid dienone is 1. The molecule has 0 atom stereocenters. The van der Waals surface area contributed by atoms with E-state index in [-0.39, 0.29) is 11.7 Å². The number of hydrogen-bond donors (Lipinski definition) is 1. The molecular formula is C20H18BrFN4OS. The van der Waals surface area contributed by atoms with Crippen LogP contribution in [0.4, 0.5) is 10.1 Å². The van der Waals surface area contributed by atoms with Crippen molar-refractivity contribution in [1.82, 2.24) is 14.8 Å². The SMILES string of the molecule is C=CCn1c(SCC(=O)Nc2cc(F)ccc2C)nnc1-c1ccc(Br)cc1. The van der Waals surface area contributed by atoms with Gasteiger partial charge in [-0.3, -0.25) is 9.36 Å². The van der Waals surface area contributed by atoms with Crippen LogP contribution in [0.5, 0.6) is 0 Å². The van der Waals surface area contributed by atoms with E-state index in [1.807, 2.05) is 35.8 Å². The summed E-state index contributed by atoms with van der Waals surface area (Å²) in [6.45, 7) is 6.12. The zero-order valence-electron chi connectivity index (χ0n) is 15.2. The molecule has 2 aromatic carbocycles. The van der Waals surface area contributed by atoms with Crippen LogP contribution in [0.15, 0.2) is 64.7 Å². The van der Waals surface area contributed by atoms with Crippen molar-refractivity contribution < 1.29 is 9.18 Å². The molecule has 1 amide bonds. The lowest BCUT2D eigenvalue weighted by Crippen LogP contribution is -2.15. The maximum Gasteiger partial charge on any atom is 0.234 e. The lowest BCUT2D eigenvalue weighted by atomic mass is 10.2. The molecule has 0 aliphatic rings. The van der Waals surface area contributed by atoms with Crippen molar-refractivity contribution in [2.24, 2.45) is 0 Å². The van der Waals surface area contributed by atoms with E-state index in [9.17, 15) is 9.18 Å². The van der Waals surface area contributed by atoms with Crippen molar-refractivity contribution in [2.75, 3.05) is 11.1 Å². The number of benzene rings is 2. The minimum atomic E-state index is -0.390. The first-order valence-electron chi connectivity index (χ1n) is 8.46. The van der Waals surface area contributed by atoms with E-state index in [4.69, 9.17) is 0 Å². The molecule has 5 nitrogen and oxygen atoms in total. The third-order valence-corrected chi connectivity index (χ3v) is 5.43. The number of nitrogens with one attached hydrogen (secondary N) is 1. The van der Waals surface area contributed by atoms with Gasteiger partial charge < -0.3 is 5.32 Å². The number of aromatic nitrogens is 3. The molecule has 3 rings (SSSR count). The average Bonchev–Trinajstić information content (AvgIpc) is 3.07. The summed E-state index contributed by atoms with van der Waals surface area (Å²) in [7, 11) is 0. The number of anilines is 1. The standard InChI is InChI=1S/C20H18BrFN4OS/c1-3-10-26-19(14-5-7-15(21)8-6-14)24-25-20(26)28-12-18(27)23-17-11-16(22)9-4-13(17)2/h3-9,11H,1,10,12H2,2H3,(H,23,27). The van der Waals surface area contributed by atoms with Crippen molar-refractivity contribution in [1.29, 1.82) is 0 Å². The van der Waals surface area contributed by atoms with Gasteiger partial charge in [-0.05, 0) is 36.8 Å². The second-order valence-electron chi connectivity index (χ2n) is 6.01. The molecule has 1 heterocycles. The Hall–Kier alpha value is -2.45. The molecule has 1 aromatic heterocycles. The van der Waals surface area contributed by atoms with E-state index < -0.39 is 5.82 Å². The summed E-state index contributed by atoms with van der Waals surface area (Å²) in [5.41, 5.74) is 2.19. The monoisotopic (exact) mass is 460 g/mol. The molecule has 3 aromatic rings. The zero-order valence-corrected chi connectivity index (χ0v) is 17.6. The van der Waals surface area contributed by atoms with Crippen LogP contribution in [-0.4, -0.2) is 26.4 Å². The van der Waals surface area contributed by atoms with Crippen LogP contribution in [0.25, 0.3) is 11.4 Å². The number of amides is 1. The predicted molar refractivity (Wildman–Crippen MR) is 114 cm³/mol. The molecule has 0 bridgehead atoms. The van der Waals surface area contributed by atoms with Crippen LogP contribution < -0.4 is 5.32 Å². The van der Waals surface area contributed by atoms with Crippen LogP contribution in [0, 0.1) is 12.7 Å². The smallest absolute Gasteiger partial charge is 0.234 e. The Labute approximate surface area is 175 Å². The Kier molecular flexibility index (Phi) is 6.64. The first-order valence-corrected chi connectivity index (χ1v) is 10.2. The second-order valence-corrected chi connectivity index (χ2v) is 7.87. The summed E-state index contributed by atoms with van der Waals surface area (Å²) in [5, 5.41) is 11.8. The number of aryl methyl sites for hydroxylation is 1. The maximum atomic E-state index is 13.4. The van der Waals surface area contributed by atoms with Crippen molar-refractivity contribution in [2.45, 2.75) is 18.6 Å². The van der Waals surface area contributed by atoms with E-state index in [1.54, 1.807) is 12.1 Å². The summed E-state index contributed by atoms with van der Waals surface area (Å²) >= 11 is 4.69. The fraction of sp³-hybridized carbons (Fsp3) is 0.150. The molecule has 1 N–H and O–H groups in total. The molecule has 0 unspecified atom stereocenters. The number of carbonyl (C=O) groups is 1. The summed E-state index contributed by atoms with van der Waals surface area (Å²) in [4.78, 5) is 12.3. The molecule has 0 fully saturated rings. The Balaban J connectivity index is 1.73. The van der Waals surface area contributed by atoms with Gasteiger partial charge in [0.15, 0.2) is 11.0 Å². The second kappa shape index (κ2) is 9.16. The first-order chi connectivity index (χ1) is 13.5. The highest BCUT2D eigenvalue weighted by molar-refractivity contribution is 9.10. The molecule has 0 saturated carbocycles. The molecule has 144 valence electrons. The van der Waals surface area contributed by atoms with Gasteiger partial charge in [0.2, 0.25) is 5.91 Å². The normalized spacial score (nSPS) is 10.7. The Morgan fingerprint density at radius 3 is 2.75 bits per heavy atom. The third-order valence-electron chi connectivity index (χ3n) is 3.94. The highest BCUT2D eigenvalue weighted by Gasteiger charge is 2.15. The minimum Gasteiger partial charge on any atom is -0.325 e. The average molecular weight is 461 g/mol. The zero-order chi connectivity index (χ0) is 20.1. The number of thioether (sulfide) groups is 1. The predicted octanol–water partition coefficient (Wildman–Crippen LogP) is 5.07. The van der Waals surface area contributed by atoms with Crippen LogP contribution in [0.3, 0.4) is 0 Å². The minimum absolute atomic E-state index is 0.131. The summed E-state index contributed by atoms with van der Waals surface area (Å²) in [6, 6.07) is 12.1. The molecule has 0 aliphatic heterocycles. The van der Waals surface area contributed by atoms with Gasteiger partial charge in [-0.25, -0.2) is 4.39 Å². The van der Waals surface area contributed by atoms with Gasteiger partial charge in [0, 0.05) is 22.3 Å². The van der Waals surface area contributed by atoms with Gasteiger partial charge in [0.05, 0.1) is 5.75 Å². The van der Waals surface area contributed by atoms with E-state index in [1.165, 1.54) is 23.9 Å². The molecule has 28 heavy (non-hydrogen) atoms. The molecule has 0 radical (unpaired) electrons. The fourth-order valence-corrected chi connectivity index (χ4v) is 3.56. The summed E-state index contributed by atoms with van der Waals surface area (Å²) in [6.07, 6.45) is 1.76. The van der Waals surface area contributed by atoms with Gasteiger partial charge in [-0.15, -0.1) is 16.8 Å². The number of rotatable bonds is 7. The Morgan fingerprint density at radius 2 is 2.04 bits per heavy atom. The number of carbonyl (C=O) groups excluding carboxylic acids is 1. The molecule has 0 spiro atoms. The van der Waals surface area contributed by atoms with Gasteiger partial charge >= 0.3 is 0 Å². The van der Waals surface area contributed by atoms with Crippen molar-refractivity contribution >= 4 is 39.3 Å². The topological polar surface area (TPSA) is 59.8 Å². The molecule has 0 saturated heterocycles. The summed E-state index contributed by atoms with van der Waals surface area (Å²) < 4.78 is 16.3. The van der Waals surface area contributed by atoms with E-state index >= 15 is 0 Å². The van der Waals surface area contributed by atoms with Crippen molar-refractivity contribution in [3.8, 4) is 11.4 Å². The Morgan fingerprint density at radius 1 is 1.29 bits per heavy atom. The largest absolute Gasteiger partial charge is 0.325 e. The lowest BCUT2D eigenvalue weighted by Gasteiger charge is -2.09.